The zero-order valence-corrected chi connectivity index (χ0v) is 10.9. The first-order chi connectivity index (χ1) is 9.13. The number of aromatic nitrogens is 1. The van der Waals surface area contributed by atoms with Crippen LogP contribution in [0.2, 0.25) is 0 Å². The molecule has 1 saturated heterocycles. The van der Waals surface area contributed by atoms with Crippen LogP contribution in [0.3, 0.4) is 0 Å². The Kier molecular flexibility index (Phi) is 3.99. The third-order valence-corrected chi connectivity index (χ3v) is 3.33. The number of hydrogen-bond donors (Lipinski definition) is 2. The van der Waals surface area contributed by atoms with Crippen LogP contribution in [-0.2, 0) is 0 Å². The van der Waals surface area contributed by atoms with Crippen molar-refractivity contribution in [1.82, 2.24) is 9.88 Å². The van der Waals surface area contributed by atoms with E-state index in [0.29, 0.717) is 18.7 Å². The van der Waals surface area contributed by atoms with Crippen molar-refractivity contribution in [3.05, 3.63) is 29.6 Å². The quantitative estimate of drug-likeness (QED) is 0.362. The molecule has 0 radical (unpaired) electrons. The molecule has 1 aromatic rings. The molecular formula is C13H18N4O2. The van der Waals surface area contributed by atoms with Crippen molar-refractivity contribution in [2.75, 3.05) is 6.54 Å². The van der Waals surface area contributed by atoms with Crippen LogP contribution < -0.4 is 5.73 Å². The number of carbonyl (C=O) groups is 1. The first kappa shape index (κ1) is 13.3. The van der Waals surface area contributed by atoms with Crippen LogP contribution in [0, 0.1) is 6.92 Å². The fourth-order valence-corrected chi connectivity index (χ4v) is 2.36. The Hall–Kier alpha value is -2.11. The lowest BCUT2D eigenvalue weighted by Crippen LogP contribution is -2.50. The number of amides is 1. The van der Waals surface area contributed by atoms with Gasteiger partial charge < -0.3 is 15.8 Å². The van der Waals surface area contributed by atoms with Crippen LogP contribution in [0.5, 0.6) is 0 Å². The average Bonchev–Trinajstić information content (AvgIpc) is 2.45. The summed E-state index contributed by atoms with van der Waals surface area (Å²) in [6.45, 7) is 2.45. The van der Waals surface area contributed by atoms with E-state index in [9.17, 15) is 4.79 Å². The van der Waals surface area contributed by atoms with Crippen molar-refractivity contribution in [1.29, 1.82) is 0 Å². The molecular weight excluding hydrogens is 244 g/mol. The van der Waals surface area contributed by atoms with Gasteiger partial charge in [-0.2, -0.15) is 0 Å². The molecule has 1 aromatic heterocycles. The number of rotatable bonds is 2. The molecule has 0 aromatic carbocycles. The zero-order valence-electron chi connectivity index (χ0n) is 10.9. The Labute approximate surface area is 111 Å². The Morgan fingerprint density at radius 3 is 3.00 bits per heavy atom. The predicted molar refractivity (Wildman–Crippen MR) is 71.1 cm³/mol. The largest absolute Gasteiger partial charge is 0.409 e. The standard InChI is InChI=1S/C13H18N4O2/c1-9-5-4-6-10(15-9)13(18)17-8-3-2-7-11(17)12(14)16-19/h4-6,11,19H,2-3,7-8H2,1H3,(H2,14,16). The van der Waals surface area contributed by atoms with Gasteiger partial charge in [0.2, 0.25) is 0 Å². The van der Waals surface area contributed by atoms with E-state index in [2.05, 4.69) is 10.1 Å². The Morgan fingerprint density at radius 2 is 2.32 bits per heavy atom. The second-order valence-corrected chi connectivity index (χ2v) is 4.70. The fourth-order valence-electron chi connectivity index (χ4n) is 2.36. The van der Waals surface area contributed by atoms with Crippen LogP contribution in [0.4, 0.5) is 0 Å². The van der Waals surface area contributed by atoms with Gasteiger partial charge in [0.05, 0.1) is 6.04 Å². The minimum atomic E-state index is -0.339. The summed E-state index contributed by atoms with van der Waals surface area (Å²) in [6.07, 6.45) is 2.60. The highest BCUT2D eigenvalue weighted by Crippen LogP contribution is 2.19. The zero-order chi connectivity index (χ0) is 13.8. The van der Waals surface area contributed by atoms with E-state index in [1.165, 1.54) is 0 Å². The molecule has 0 spiro atoms. The first-order valence-corrected chi connectivity index (χ1v) is 6.35. The van der Waals surface area contributed by atoms with E-state index < -0.39 is 0 Å². The highest BCUT2D eigenvalue weighted by Gasteiger charge is 2.30. The van der Waals surface area contributed by atoms with Gasteiger partial charge in [0.25, 0.3) is 5.91 Å². The van der Waals surface area contributed by atoms with E-state index in [1.807, 2.05) is 13.0 Å². The summed E-state index contributed by atoms with van der Waals surface area (Å²) in [4.78, 5) is 18.3. The number of nitrogens with zero attached hydrogens (tertiary/aromatic N) is 3. The van der Waals surface area contributed by atoms with Crippen molar-refractivity contribution in [2.45, 2.75) is 32.2 Å². The SMILES string of the molecule is Cc1cccc(C(=O)N2CCCCC2C(N)=NO)n1. The Morgan fingerprint density at radius 1 is 1.53 bits per heavy atom. The van der Waals surface area contributed by atoms with Gasteiger partial charge in [-0.3, -0.25) is 4.79 Å². The van der Waals surface area contributed by atoms with E-state index >= 15 is 0 Å². The molecule has 6 heteroatoms. The van der Waals surface area contributed by atoms with E-state index in [4.69, 9.17) is 10.9 Å². The number of piperidine rings is 1. The molecule has 6 nitrogen and oxygen atoms in total. The number of likely N-dealkylation sites (tertiary alicyclic amines) is 1. The number of pyridine rings is 1. The normalized spacial score (nSPS) is 20.4. The lowest BCUT2D eigenvalue weighted by Gasteiger charge is -2.34. The minimum absolute atomic E-state index is 0.0840. The van der Waals surface area contributed by atoms with E-state index in [0.717, 1.165) is 18.5 Å². The summed E-state index contributed by atoms with van der Waals surface area (Å²) < 4.78 is 0. The van der Waals surface area contributed by atoms with Crippen molar-refractivity contribution < 1.29 is 10.0 Å². The fraction of sp³-hybridized carbons (Fsp3) is 0.462. The topological polar surface area (TPSA) is 91.8 Å². The molecule has 2 heterocycles. The van der Waals surface area contributed by atoms with E-state index in [1.54, 1.807) is 17.0 Å². The van der Waals surface area contributed by atoms with Gasteiger partial charge in [0.1, 0.15) is 5.69 Å². The molecule has 1 atom stereocenters. The Bertz CT molecular complexity index is 501. The second-order valence-electron chi connectivity index (χ2n) is 4.70. The summed E-state index contributed by atoms with van der Waals surface area (Å²) in [5, 5.41) is 11.8. The number of nitrogens with two attached hydrogens (primary N) is 1. The van der Waals surface area contributed by atoms with Gasteiger partial charge >= 0.3 is 0 Å². The molecule has 1 fully saturated rings. The summed E-state index contributed by atoms with van der Waals surface area (Å²) in [7, 11) is 0. The van der Waals surface area contributed by atoms with Crippen molar-refractivity contribution in [3.8, 4) is 0 Å². The number of amidine groups is 1. The third kappa shape index (κ3) is 2.83. The lowest BCUT2D eigenvalue weighted by atomic mass is 10.0. The molecule has 3 N–H and O–H groups in total. The van der Waals surface area contributed by atoms with Crippen molar-refractivity contribution in [2.24, 2.45) is 10.9 Å². The van der Waals surface area contributed by atoms with Crippen LogP contribution >= 0.6 is 0 Å². The van der Waals surface area contributed by atoms with Gasteiger partial charge in [-0.25, -0.2) is 4.98 Å². The molecule has 2 rings (SSSR count). The van der Waals surface area contributed by atoms with Crippen LogP contribution in [0.1, 0.15) is 35.4 Å². The molecule has 102 valence electrons. The number of hydrogen-bond acceptors (Lipinski definition) is 4. The smallest absolute Gasteiger partial charge is 0.273 e. The molecule has 0 bridgehead atoms. The molecule has 0 saturated carbocycles. The number of carbonyl (C=O) groups excluding carboxylic acids is 1. The Balaban J connectivity index is 2.25. The summed E-state index contributed by atoms with van der Waals surface area (Å²) in [5.74, 6) is -0.0827. The van der Waals surface area contributed by atoms with Gasteiger partial charge in [-0.05, 0) is 38.3 Å². The van der Waals surface area contributed by atoms with Gasteiger partial charge in [0, 0.05) is 12.2 Å². The molecule has 1 aliphatic heterocycles. The third-order valence-electron chi connectivity index (χ3n) is 3.33. The van der Waals surface area contributed by atoms with Crippen molar-refractivity contribution in [3.63, 3.8) is 0 Å². The monoisotopic (exact) mass is 262 g/mol. The van der Waals surface area contributed by atoms with Gasteiger partial charge in [-0.15, -0.1) is 0 Å². The van der Waals surface area contributed by atoms with E-state index in [-0.39, 0.29) is 17.8 Å². The highest BCUT2D eigenvalue weighted by atomic mass is 16.4. The predicted octanol–water partition coefficient (Wildman–Crippen LogP) is 1.13. The lowest BCUT2D eigenvalue weighted by molar-refractivity contribution is 0.0670. The number of oxime groups is 1. The summed E-state index contributed by atoms with van der Waals surface area (Å²) >= 11 is 0. The highest BCUT2D eigenvalue weighted by molar-refractivity contribution is 5.97. The molecule has 0 aliphatic carbocycles. The average molecular weight is 262 g/mol. The maximum Gasteiger partial charge on any atom is 0.273 e. The second kappa shape index (κ2) is 5.69. The van der Waals surface area contributed by atoms with Crippen LogP contribution in [0.25, 0.3) is 0 Å². The summed E-state index contributed by atoms with van der Waals surface area (Å²) in [6, 6.07) is 4.99. The maximum atomic E-state index is 12.5. The number of aryl methyl sites for hydroxylation is 1. The summed E-state index contributed by atoms with van der Waals surface area (Å²) in [5.41, 5.74) is 6.86. The molecule has 1 amide bonds. The van der Waals surface area contributed by atoms with Gasteiger partial charge in [0.15, 0.2) is 5.84 Å². The molecule has 19 heavy (non-hydrogen) atoms. The van der Waals surface area contributed by atoms with Crippen molar-refractivity contribution >= 4 is 11.7 Å². The molecule has 1 aliphatic rings. The van der Waals surface area contributed by atoms with Crippen LogP contribution in [0.15, 0.2) is 23.4 Å². The van der Waals surface area contributed by atoms with Crippen LogP contribution in [-0.4, -0.2) is 39.4 Å². The molecule has 1 unspecified atom stereocenters. The van der Waals surface area contributed by atoms with Gasteiger partial charge in [-0.1, -0.05) is 11.2 Å². The minimum Gasteiger partial charge on any atom is -0.409 e. The maximum absolute atomic E-state index is 12.5. The first-order valence-electron chi connectivity index (χ1n) is 6.35.